The van der Waals surface area contributed by atoms with E-state index in [9.17, 15) is 0 Å². The molecule has 0 aromatic carbocycles. The molecule has 0 atom stereocenters. The third kappa shape index (κ3) is 2.78. The molecule has 0 aliphatic heterocycles. The molecular weight excluding hydrogens is 294 g/mol. The number of nitrogens with one attached hydrogen (secondary N) is 1. The minimum atomic E-state index is 0.630. The number of thiazole rings is 1. The van der Waals surface area contributed by atoms with Crippen molar-refractivity contribution in [2.45, 2.75) is 6.54 Å². The van der Waals surface area contributed by atoms with Gasteiger partial charge in [0.1, 0.15) is 10.9 Å². The quantitative estimate of drug-likeness (QED) is 0.944. The van der Waals surface area contributed by atoms with Crippen LogP contribution in [0, 0.1) is 11.3 Å². The van der Waals surface area contributed by atoms with E-state index in [0.717, 1.165) is 16.1 Å². The highest BCUT2D eigenvalue weighted by Crippen LogP contribution is 2.22. The zero-order chi connectivity index (χ0) is 10.7. The number of hydrogen-bond acceptors (Lipinski definition) is 5. The van der Waals surface area contributed by atoms with Crippen LogP contribution in [0.2, 0.25) is 0 Å². The van der Waals surface area contributed by atoms with Crippen LogP contribution in [-0.2, 0) is 6.54 Å². The summed E-state index contributed by atoms with van der Waals surface area (Å²) in [5.41, 5.74) is 0. The standard InChI is InChI=1S/C9H6BrN3S2/c10-6-1-7(14-5-6)3-12-9-13-4-8(2-11)15-9/h1,4-5H,3H2,(H,12,13). The highest BCUT2D eigenvalue weighted by atomic mass is 79.9. The van der Waals surface area contributed by atoms with Gasteiger partial charge in [0.25, 0.3) is 0 Å². The third-order valence-corrected chi connectivity index (χ3v) is 4.21. The van der Waals surface area contributed by atoms with E-state index in [1.807, 2.05) is 5.38 Å². The maximum atomic E-state index is 8.63. The number of rotatable bonds is 3. The molecule has 1 N–H and O–H groups in total. The fourth-order valence-electron chi connectivity index (χ4n) is 1.02. The van der Waals surface area contributed by atoms with Crippen LogP contribution in [0.25, 0.3) is 0 Å². The Morgan fingerprint density at radius 3 is 3.07 bits per heavy atom. The van der Waals surface area contributed by atoms with Crippen molar-refractivity contribution in [2.24, 2.45) is 0 Å². The Hall–Kier alpha value is -0.900. The first kappa shape index (κ1) is 10.6. The Morgan fingerprint density at radius 1 is 1.60 bits per heavy atom. The van der Waals surface area contributed by atoms with Crippen molar-refractivity contribution in [1.29, 1.82) is 5.26 Å². The molecule has 0 saturated carbocycles. The third-order valence-electron chi connectivity index (χ3n) is 1.65. The lowest BCUT2D eigenvalue weighted by Crippen LogP contribution is -1.95. The first-order chi connectivity index (χ1) is 7.28. The van der Waals surface area contributed by atoms with E-state index < -0.39 is 0 Å². The summed E-state index contributed by atoms with van der Waals surface area (Å²) >= 11 is 6.45. The predicted molar refractivity (Wildman–Crippen MR) is 66.2 cm³/mol. The lowest BCUT2D eigenvalue weighted by Gasteiger charge is -1.97. The smallest absolute Gasteiger partial charge is 0.184 e. The van der Waals surface area contributed by atoms with E-state index in [2.05, 4.69) is 38.4 Å². The Balaban J connectivity index is 1.96. The number of aromatic nitrogens is 1. The van der Waals surface area contributed by atoms with Gasteiger partial charge in [0.05, 0.1) is 12.7 Å². The van der Waals surface area contributed by atoms with Crippen molar-refractivity contribution >= 4 is 43.7 Å². The van der Waals surface area contributed by atoms with Crippen molar-refractivity contribution in [3.05, 3.63) is 31.9 Å². The van der Waals surface area contributed by atoms with Crippen LogP contribution in [0.3, 0.4) is 0 Å². The van der Waals surface area contributed by atoms with Gasteiger partial charge in [0, 0.05) is 14.7 Å². The molecule has 0 aliphatic rings. The molecule has 0 fully saturated rings. The predicted octanol–water partition coefficient (Wildman–Crippen LogP) is 3.45. The SMILES string of the molecule is N#Cc1cnc(NCc2cc(Br)cs2)s1. The van der Waals surface area contributed by atoms with Crippen molar-refractivity contribution in [3.8, 4) is 6.07 Å². The van der Waals surface area contributed by atoms with Gasteiger partial charge in [-0.05, 0) is 22.0 Å². The minimum Gasteiger partial charge on any atom is -0.357 e. The summed E-state index contributed by atoms with van der Waals surface area (Å²) < 4.78 is 1.10. The Bertz CT molecular complexity index is 497. The van der Waals surface area contributed by atoms with Gasteiger partial charge in [-0.2, -0.15) is 5.26 Å². The molecule has 6 heteroatoms. The second kappa shape index (κ2) is 4.75. The number of thiophene rings is 1. The molecule has 0 aliphatic carbocycles. The molecule has 2 rings (SSSR count). The number of halogens is 1. The molecule has 0 unspecified atom stereocenters. The molecule has 3 nitrogen and oxygen atoms in total. The number of nitriles is 1. The molecule has 15 heavy (non-hydrogen) atoms. The molecule has 0 saturated heterocycles. The molecule has 0 radical (unpaired) electrons. The van der Waals surface area contributed by atoms with Gasteiger partial charge in [-0.25, -0.2) is 4.98 Å². The zero-order valence-electron chi connectivity index (χ0n) is 7.53. The highest BCUT2D eigenvalue weighted by molar-refractivity contribution is 9.10. The van der Waals surface area contributed by atoms with E-state index in [4.69, 9.17) is 5.26 Å². The van der Waals surface area contributed by atoms with E-state index in [0.29, 0.717) is 4.88 Å². The van der Waals surface area contributed by atoms with Crippen LogP contribution < -0.4 is 5.32 Å². The normalized spacial score (nSPS) is 9.87. The fourth-order valence-corrected chi connectivity index (χ4v) is 3.02. The monoisotopic (exact) mass is 299 g/mol. The highest BCUT2D eigenvalue weighted by Gasteiger charge is 2.01. The van der Waals surface area contributed by atoms with Gasteiger partial charge in [-0.3, -0.25) is 0 Å². The van der Waals surface area contributed by atoms with Gasteiger partial charge in [-0.15, -0.1) is 11.3 Å². The Morgan fingerprint density at radius 2 is 2.47 bits per heavy atom. The average Bonchev–Trinajstić information content (AvgIpc) is 2.83. The summed E-state index contributed by atoms with van der Waals surface area (Å²) in [6.45, 7) is 0.745. The van der Waals surface area contributed by atoms with Crippen LogP contribution in [0.5, 0.6) is 0 Å². The summed E-state index contributed by atoms with van der Waals surface area (Å²) in [6.07, 6.45) is 1.58. The van der Waals surface area contributed by atoms with Crippen LogP contribution in [0.4, 0.5) is 5.13 Å². The second-order valence-corrected chi connectivity index (χ2v) is 5.67. The fraction of sp³-hybridized carbons (Fsp3) is 0.111. The summed E-state index contributed by atoms with van der Waals surface area (Å²) in [5, 5.41) is 14.6. The molecule has 76 valence electrons. The molecular formula is C9H6BrN3S2. The number of hydrogen-bond donors (Lipinski definition) is 1. The van der Waals surface area contributed by atoms with Gasteiger partial charge >= 0.3 is 0 Å². The topological polar surface area (TPSA) is 48.7 Å². The minimum absolute atomic E-state index is 0.630. The van der Waals surface area contributed by atoms with Crippen molar-refractivity contribution in [3.63, 3.8) is 0 Å². The molecule has 2 aromatic rings. The lowest BCUT2D eigenvalue weighted by molar-refractivity contribution is 1.17. The van der Waals surface area contributed by atoms with Crippen molar-refractivity contribution < 1.29 is 0 Å². The van der Waals surface area contributed by atoms with E-state index in [1.165, 1.54) is 16.2 Å². The lowest BCUT2D eigenvalue weighted by atomic mass is 10.5. The molecule has 2 aromatic heterocycles. The average molecular weight is 300 g/mol. The van der Waals surface area contributed by atoms with Crippen molar-refractivity contribution in [1.82, 2.24) is 4.98 Å². The van der Waals surface area contributed by atoms with Gasteiger partial charge in [-0.1, -0.05) is 11.3 Å². The number of anilines is 1. The molecule has 0 spiro atoms. The van der Waals surface area contributed by atoms with E-state index >= 15 is 0 Å². The Labute approximate surface area is 104 Å². The Kier molecular flexibility index (Phi) is 3.36. The van der Waals surface area contributed by atoms with Crippen molar-refractivity contribution in [2.75, 3.05) is 5.32 Å². The van der Waals surface area contributed by atoms with E-state index in [1.54, 1.807) is 17.5 Å². The maximum absolute atomic E-state index is 8.63. The van der Waals surface area contributed by atoms with Crippen LogP contribution in [-0.4, -0.2) is 4.98 Å². The largest absolute Gasteiger partial charge is 0.357 e. The molecule has 0 bridgehead atoms. The van der Waals surface area contributed by atoms with Crippen LogP contribution in [0.1, 0.15) is 9.75 Å². The van der Waals surface area contributed by atoms with Crippen LogP contribution in [0.15, 0.2) is 22.1 Å². The zero-order valence-corrected chi connectivity index (χ0v) is 10.7. The molecule has 0 amide bonds. The summed E-state index contributed by atoms with van der Waals surface area (Å²) in [7, 11) is 0. The number of nitrogens with zero attached hydrogens (tertiary/aromatic N) is 2. The molecule has 2 heterocycles. The summed E-state index contributed by atoms with van der Waals surface area (Å²) in [5.74, 6) is 0. The van der Waals surface area contributed by atoms with E-state index in [-0.39, 0.29) is 0 Å². The first-order valence-electron chi connectivity index (χ1n) is 4.10. The summed E-state index contributed by atoms with van der Waals surface area (Å²) in [6, 6.07) is 4.13. The summed E-state index contributed by atoms with van der Waals surface area (Å²) in [4.78, 5) is 5.95. The van der Waals surface area contributed by atoms with Gasteiger partial charge < -0.3 is 5.32 Å². The second-order valence-electron chi connectivity index (χ2n) is 2.73. The maximum Gasteiger partial charge on any atom is 0.184 e. The first-order valence-corrected chi connectivity index (χ1v) is 6.59. The van der Waals surface area contributed by atoms with Gasteiger partial charge in [0.15, 0.2) is 5.13 Å². The van der Waals surface area contributed by atoms with Crippen LogP contribution >= 0.6 is 38.6 Å². The van der Waals surface area contributed by atoms with Gasteiger partial charge in [0.2, 0.25) is 0 Å².